The number of ether oxygens (including phenoxy) is 1. The molecule has 1 N–H and O–H groups in total. The van der Waals surface area contributed by atoms with Crippen LogP contribution >= 0.6 is 27.5 Å². The van der Waals surface area contributed by atoms with Crippen LogP contribution in [0.1, 0.15) is 20.7 Å². The zero-order valence-electron chi connectivity index (χ0n) is 11.0. The SMILES string of the molecule is COC(=O)c1ccc(Cl)c(NC(=O)c2ccc(Br)cc2)c1. The molecule has 1 amide bonds. The van der Waals surface area contributed by atoms with Crippen LogP contribution in [0.2, 0.25) is 5.02 Å². The normalized spacial score (nSPS) is 10.0. The molecule has 0 atom stereocenters. The molecule has 108 valence electrons. The molecular weight excluding hydrogens is 358 g/mol. The fourth-order valence-corrected chi connectivity index (χ4v) is 2.09. The Labute approximate surface area is 135 Å². The Balaban J connectivity index is 2.24. The predicted molar refractivity (Wildman–Crippen MR) is 84.9 cm³/mol. The first-order chi connectivity index (χ1) is 10.0. The van der Waals surface area contributed by atoms with Gasteiger partial charge in [0.2, 0.25) is 0 Å². The van der Waals surface area contributed by atoms with Gasteiger partial charge < -0.3 is 10.1 Å². The van der Waals surface area contributed by atoms with Crippen molar-refractivity contribution in [3.05, 3.63) is 63.1 Å². The standard InChI is InChI=1S/C15H11BrClNO3/c1-21-15(20)10-4-7-12(17)13(8-10)18-14(19)9-2-5-11(16)6-3-9/h2-8H,1H3,(H,18,19). The Morgan fingerprint density at radius 3 is 2.33 bits per heavy atom. The molecule has 2 aromatic rings. The molecule has 0 spiro atoms. The van der Waals surface area contributed by atoms with E-state index in [1.807, 2.05) is 0 Å². The predicted octanol–water partition coefficient (Wildman–Crippen LogP) is 4.14. The van der Waals surface area contributed by atoms with Gasteiger partial charge in [-0.3, -0.25) is 4.79 Å². The first-order valence-electron chi connectivity index (χ1n) is 5.96. The molecule has 2 rings (SSSR count). The molecule has 0 aliphatic heterocycles. The van der Waals surface area contributed by atoms with Gasteiger partial charge >= 0.3 is 5.97 Å². The number of anilines is 1. The second kappa shape index (κ2) is 6.74. The largest absolute Gasteiger partial charge is 0.465 e. The summed E-state index contributed by atoms with van der Waals surface area (Å²) in [4.78, 5) is 23.6. The van der Waals surface area contributed by atoms with Crippen LogP contribution in [0, 0.1) is 0 Å². The third kappa shape index (κ3) is 3.83. The molecule has 0 bridgehead atoms. The fourth-order valence-electron chi connectivity index (χ4n) is 1.66. The second-order valence-corrected chi connectivity index (χ2v) is 5.47. The summed E-state index contributed by atoms with van der Waals surface area (Å²) in [7, 11) is 1.29. The molecule has 0 saturated heterocycles. The van der Waals surface area contributed by atoms with Crippen LogP contribution < -0.4 is 5.32 Å². The summed E-state index contributed by atoms with van der Waals surface area (Å²) in [6.45, 7) is 0. The highest BCUT2D eigenvalue weighted by Crippen LogP contribution is 2.24. The van der Waals surface area contributed by atoms with Crippen LogP contribution in [0.25, 0.3) is 0 Å². The van der Waals surface area contributed by atoms with Crippen molar-refractivity contribution >= 4 is 45.1 Å². The summed E-state index contributed by atoms with van der Waals surface area (Å²) in [5.74, 6) is -0.808. The van der Waals surface area contributed by atoms with Crippen LogP contribution in [0.15, 0.2) is 46.9 Å². The number of rotatable bonds is 3. The molecule has 0 unspecified atom stereocenters. The zero-order valence-corrected chi connectivity index (χ0v) is 13.4. The van der Waals surface area contributed by atoms with Gasteiger partial charge in [0.15, 0.2) is 0 Å². The number of nitrogens with one attached hydrogen (secondary N) is 1. The van der Waals surface area contributed by atoms with Crippen molar-refractivity contribution in [2.45, 2.75) is 0 Å². The van der Waals surface area contributed by atoms with Crippen LogP contribution in [-0.4, -0.2) is 19.0 Å². The van der Waals surface area contributed by atoms with E-state index in [1.54, 1.807) is 24.3 Å². The van der Waals surface area contributed by atoms with E-state index in [9.17, 15) is 9.59 Å². The lowest BCUT2D eigenvalue weighted by atomic mass is 10.1. The Morgan fingerprint density at radius 1 is 1.10 bits per heavy atom. The van der Waals surface area contributed by atoms with E-state index in [1.165, 1.54) is 25.3 Å². The van der Waals surface area contributed by atoms with Gasteiger partial charge in [0.1, 0.15) is 0 Å². The number of esters is 1. The number of hydrogen-bond donors (Lipinski definition) is 1. The van der Waals surface area contributed by atoms with Crippen LogP contribution in [0.3, 0.4) is 0 Å². The van der Waals surface area contributed by atoms with Crippen LogP contribution in [-0.2, 0) is 4.74 Å². The molecule has 4 nitrogen and oxygen atoms in total. The molecule has 0 heterocycles. The Kier molecular flexibility index (Phi) is 4.98. The average Bonchev–Trinajstić information content (AvgIpc) is 2.49. The Bertz CT molecular complexity index is 686. The lowest BCUT2D eigenvalue weighted by Crippen LogP contribution is -2.13. The van der Waals surface area contributed by atoms with Gasteiger partial charge in [-0.25, -0.2) is 4.79 Å². The van der Waals surface area contributed by atoms with E-state index in [2.05, 4.69) is 26.0 Å². The second-order valence-electron chi connectivity index (χ2n) is 4.15. The van der Waals surface area contributed by atoms with Crippen molar-refractivity contribution in [2.75, 3.05) is 12.4 Å². The van der Waals surface area contributed by atoms with E-state index in [4.69, 9.17) is 11.6 Å². The lowest BCUT2D eigenvalue weighted by molar-refractivity contribution is 0.0600. The molecule has 0 aromatic heterocycles. The van der Waals surface area contributed by atoms with Crippen molar-refractivity contribution in [3.8, 4) is 0 Å². The summed E-state index contributed by atoms with van der Waals surface area (Å²) in [5.41, 5.74) is 1.15. The number of amides is 1. The van der Waals surface area contributed by atoms with Gasteiger partial charge in [0, 0.05) is 10.0 Å². The Hall–Kier alpha value is -1.85. The molecule has 2 aromatic carbocycles. The summed E-state index contributed by atoms with van der Waals surface area (Å²) in [5, 5.41) is 3.01. The summed E-state index contributed by atoms with van der Waals surface area (Å²) >= 11 is 9.33. The van der Waals surface area contributed by atoms with Crippen molar-refractivity contribution in [3.63, 3.8) is 0 Å². The zero-order chi connectivity index (χ0) is 15.4. The fraction of sp³-hybridized carbons (Fsp3) is 0.0667. The third-order valence-corrected chi connectivity index (χ3v) is 3.60. The Morgan fingerprint density at radius 2 is 1.71 bits per heavy atom. The van der Waals surface area contributed by atoms with E-state index >= 15 is 0 Å². The van der Waals surface area contributed by atoms with E-state index < -0.39 is 5.97 Å². The molecule has 0 radical (unpaired) electrons. The molecule has 0 aliphatic rings. The van der Waals surface area contributed by atoms with Crippen molar-refractivity contribution in [1.82, 2.24) is 0 Å². The third-order valence-electron chi connectivity index (χ3n) is 2.74. The number of methoxy groups -OCH3 is 1. The molecule has 0 aliphatic carbocycles. The molecule has 0 fully saturated rings. The number of benzene rings is 2. The number of hydrogen-bond acceptors (Lipinski definition) is 3. The summed E-state index contributed by atoms with van der Waals surface area (Å²) < 4.78 is 5.51. The highest BCUT2D eigenvalue weighted by molar-refractivity contribution is 9.10. The highest BCUT2D eigenvalue weighted by Gasteiger charge is 2.12. The van der Waals surface area contributed by atoms with Crippen molar-refractivity contribution in [1.29, 1.82) is 0 Å². The van der Waals surface area contributed by atoms with Crippen LogP contribution in [0.4, 0.5) is 5.69 Å². The average molecular weight is 369 g/mol. The smallest absolute Gasteiger partial charge is 0.337 e. The maximum absolute atomic E-state index is 12.1. The molecule has 6 heteroatoms. The maximum atomic E-state index is 12.1. The topological polar surface area (TPSA) is 55.4 Å². The van der Waals surface area contributed by atoms with Crippen molar-refractivity contribution in [2.24, 2.45) is 0 Å². The van der Waals surface area contributed by atoms with E-state index in [0.29, 0.717) is 21.8 Å². The quantitative estimate of drug-likeness (QED) is 0.828. The number of halogens is 2. The molecular formula is C15H11BrClNO3. The summed E-state index contributed by atoms with van der Waals surface area (Å²) in [6.07, 6.45) is 0. The minimum absolute atomic E-state index is 0.313. The summed E-state index contributed by atoms with van der Waals surface area (Å²) in [6, 6.07) is 11.4. The number of carbonyl (C=O) groups is 2. The van der Waals surface area contributed by atoms with E-state index in [0.717, 1.165) is 4.47 Å². The van der Waals surface area contributed by atoms with Crippen LogP contribution in [0.5, 0.6) is 0 Å². The van der Waals surface area contributed by atoms with Gasteiger partial charge in [-0.2, -0.15) is 0 Å². The molecule has 0 saturated carbocycles. The minimum Gasteiger partial charge on any atom is -0.465 e. The van der Waals surface area contributed by atoms with Gasteiger partial charge in [-0.05, 0) is 42.5 Å². The highest BCUT2D eigenvalue weighted by atomic mass is 79.9. The number of carbonyl (C=O) groups excluding carboxylic acids is 2. The first-order valence-corrected chi connectivity index (χ1v) is 7.13. The van der Waals surface area contributed by atoms with E-state index in [-0.39, 0.29) is 5.91 Å². The van der Waals surface area contributed by atoms with Crippen molar-refractivity contribution < 1.29 is 14.3 Å². The maximum Gasteiger partial charge on any atom is 0.337 e. The first kappa shape index (κ1) is 15.5. The monoisotopic (exact) mass is 367 g/mol. The van der Waals surface area contributed by atoms with Gasteiger partial charge in [-0.1, -0.05) is 27.5 Å². The molecule has 21 heavy (non-hydrogen) atoms. The van der Waals surface area contributed by atoms with Gasteiger partial charge in [0.05, 0.1) is 23.4 Å². The van der Waals surface area contributed by atoms with Gasteiger partial charge in [-0.15, -0.1) is 0 Å². The lowest BCUT2D eigenvalue weighted by Gasteiger charge is -2.09. The van der Waals surface area contributed by atoms with Gasteiger partial charge in [0.25, 0.3) is 5.91 Å². The minimum atomic E-state index is -0.495.